The largest absolute Gasteiger partial charge is 0.298 e. The Balaban J connectivity index is 2.11. The van der Waals surface area contributed by atoms with Gasteiger partial charge in [0.15, 0.2) is 0 Å². The summed E-state index contributed by atoms with van der Waals surface area (Å²) < 4.78 is 2.15. The minimum atomic E-state index is -0.00167. The lowest BCUT2D eigenvalue weighted by Crippen LogP contribution is -2.14. The Hall–Kier alpha value is -2.49. The van der Waals surface area contributed by atoms with Crippen molar-refractivity contribution in [2.45, 2.75) is 72.1 Å². The summed E-state index contributed by atoms with van der Waals surface area (Å²) >= 11 is 0. The predicted octanol–water partition coefficient (Wildman–Crippen LogP) is 6.15. The molecule has 0 fully saturated rings. The van der Waals surface area contributed by atoms with Crippen molar-refractivity contribution in [3.8, 4) is 0 Å². The van der Waals surface area contributed by atoms with Gasteiger partial charge in [0.05, 0.1) is 22.7 Å². The summed E-state index contributed by atoms with van der Waals surface area (Å²) in [7, 11) is 0. The number of nitrogens with zero attached hydrogens (tertiary/aromatic N) is 4. The molecule has 0 aromatic carbocycles. The first-order valence-electron chi connectivity index (χ1n) is 10.1. The van der Waals surface area contributed by atoms with Gasteiger partial charge >= 0.3 is 0 Å². The Morgan fingerprint density at radius 3 is 2.14 bits per heavy atom. The zero-order valence-corrected chi connectivity index (χ0v) is 18.3. The summed E-state index contributed by atoms with van der Waals surface area (Å²) in [5.41, 5.74) is 7.51. The smallest absolute Gasteiger partial charge is 0.147 e. The number of rotatable bonds is 1. The molecule has 0 aliphatic rings. The topological polar surface area (TPSA) is 43.1 Å². The van der Waals surface area contributed by atoms with Gasteiger partial charge in [-0.25, -0.2) is 4.98 Å². The average molecular weight is 375 g/mol. The Morgan fingerprint density at radius 2 is 1.54 bits per heavy atom. The van der Waals surface area contributed by atoms with Crippen LogP contribution in [0.2, 0.25) is 0 Å². The summed E-state index contributed by atoms with van der Waals surface area (Å²) in [5.74, 6) is 0.390. The molecule has 28 heavy (non-hydrogen) atoms. The van der Waals surface area contributed by atoms with Crippen LogP contribution in [0.15, 0.2) is 30.6 Å². The maximum absolute atomic E-state index is 5.04. The highest BCUT2D eigenvalue weighted by molar-refractivity contribution is 5.98. The molecule has 0 bridgehead atoms. The summed E-state index contributed by atoms with van der Waals surface area (Å²) in [6.45, 7) is 17.7. The maximum atomic E-state index is 5.04. The standard InChI is InChI=1S/C24H30N4/c1-14(2)15-11-20(24(6,7)8)26-16-9-10-28-18-13-25-19(23(3,4)5)12-17(18)27-22(28)21(15)16/h9-14H,1-8H3. The van der Waals surface area contributed by atoms with Crippen LogP contribution in [0.25, 0.3) is 27.6 Å². The molecule has 0 aliphatic heterocycles. The van der Waals surface area contributed by atoms with Crippen LogP contribution in [-0.4, -0.2) is 19.4 Å². The van der Waals surface area contributed by atoms with E-state index in [-0.39, 0.29) is 10.8 Å². The van der Waals surface area contributed by atoms with Crippen molar-refractivity contribution in [2.24, 2.45) is 0 Å². The molecular formula is C24H30N4. The molecule has 146 valence electrons. The van der Waals surface area contributed by atoms with E-state index in [1.54, 1.807) is 0 Å². The fourth-order valence-corrected chi connectivity index (χ4v) is 3.67. The second-order valence-corrected chi connectivity index (χ2v) is 10.2. The Morgan fingerprint density at radius 1 is 0.857 bits per heavy atom. The summed E-state index contributed by atoms with van der Waals surface area (Å²) in [4.78, 5) is 14.7. The zero-order chi connectivity index (χ0) is 20.4. The van der Waals surface area contributed by atoms with Crippen LogP contribution < -0.4 is 0 Å². The van der Waals surface area contributed by atoms with Gasteiger partial charge in [-0.2, -0.15) is 0 Å². The molecule has 0 saturated heterocycles. The first kappa shape index (κ1) is 18.9. The lowest BCUT2D eigenvalue weighted by Gasteiger charge is -2.21. The van der Waals surface area contributed by atoms with Crippen LogP contribution in [-0.2, 0) is 10.8 Å². The van der Waals surface area contributed by atoms with Crippen molar-refractivity contribution in [3.05, 3.63) is 47.5 Å². The fourth-order valence-electron chi connectivity index (χ4n) is 3.67. The van der Waals surface area contributed by atoms with Crippen molar-refractivity contribution in [1.82, 2.24) is 19.4 Å². The van der Waals surface area contributed by atoms with Gasteiger partial charge in [0.2, 0.25) is 0 Å². The zero-order valence-electron chi connectivity index (χ0n) is 18.3. The van der Waals surface area contributed by atoms with Gasteiger partial charge in [0, 0.05) is 33.8 Å². The highest BCUT2D eigenvalue weighted by atomic mass is 15.0. The van der Waals surface area contributed by atoms with Crippen LogP contribution in [0, 0.1) is 0 Å². The van der Waals surface area contributed by atoms with E-state index in [4.69, 9.17) is 15.0 Å². The molecule has 0 aliphatic carbocycles. The van der Waals surface area contributed by atoms with E-state index in [9.17, 15) is 0 Å². The second-order valence-electron chi connectivity index (χ2n) is 10.2. The number of hydrogen-bond donors (Lipinski definition) is 0. The van der Waals surface area contributed by atoms with Gasteiger partial charge in [-0.1, -0.05) is 55.4 Å². The highest BCUT2D eigenvalue weighted by Gasteiger charge is 2.22. The van der Waals surface area contributed by atoms with Gasteiger partial charge in [-0.05, 0) is 29.7 Å². The second kappa shape index (κ2) is 6.00. The first-order chi connectivity index (χ1) is 13.0. The van der Waals surface area contributed by atoms with Crippen molar-refractivity contribution in [3.63, 3.8) is 0 Å². The van der Waals surface area contributed by atoms with Gasteiger partial charge in [-0.3, -0.25) is 14.4 Å². The summed E-state index contributed by atoms with van der Waals surface area (Å²) in [6.07, 6.45) is 4.03. The van der Waals surface area contributed by atoms with Gasteiger partial charge < -0.3 is 0 Å². The Bertz CT molecular complexity index is 1200. The minimum absolute atomic E-state index is 0.00167. The van der Waals surface area contributed by atoms with E-state index in [1.165, 1.54) is 5.56 Å². The molecule has 0 amide bonds. The Kier molecular flexibility index (Phi) is 4.04. The normalized spacial score (nSPS) is 13.3. The van der Waals surface area contributed by atoms with E-state index >= 15 is 0 Å². The molecule has 4 aromatic heterocycles. The fraction of sp³-hybridized carbons (Fsp3) is 0.458. The molecule has 0 spiro atoms. The van der Waals surface area contributed by atoms with Crippen molar-refractivity contribution < 1.29 is 0 Å². The maximum Gasteiger partial charge on any atom is 0.147 e. The molecule has 0 saturated carbocycles. The monoisotopic (exact) mass is 374 g/mol. The van der Waals surface area contributed by atoms with Crippen LogP contribution in [0.5, 0.6) is 0 Å². The van der Waals surface area contributed by atoms with Crippen molar-refractivity contribution >= 4 is 27.6 Å². The highest BCUT2D eigenvalue weighted by Crippen LogP contribution is 2.34. The number of aromatic nitrogens is 4. The van der Waals surface area contributed by atoms with Crippen LogP contribution in [0.1, 0.15) is 78.3 Å². The van der Waals surface area contributed by atoms with Crippen molar-refractivity contribution in [1.29, 1.82) is 0 Å². The lowest BCUT2D eigenvalue weighted by molar-refractivity contribution is 0.569. The molecule has 4 heteroatoms. The van der Waals surface area contributed by atoms with E-state index < -0.39 is 0 Å². The quantitative estimate of drug-likeness (QED) is 0.401. The molecule has 4 aromatic rings. The molecule has 0 atom stereocenters. The molecule has 4 rings (SSSR count). The molecule has 4 nitrogen and oxygen atoms in total. The molecule has 0 unspecified atom stereocenters. The minimum Gasteiger partial charge on any atom is -0.298 e. The summed E-state index contributed by atoms with van der Waals surface area (Å²) in [5, 5.41) is 1.15. The van der Waals surface area contributed by atoms with Crippen LogP contribution in [0.4, 0.5) is 0 Å². The number of fused-ring (bicyclic) bond motifs is 5. The van der Waals surface area contributed by atoms with E-state index in [2.05, 4.69) is 84.2 Å². The third-order valence-corrected chi connectivity index (χ3v) is 5.42. The van der Waals surface area contributed by atoms with Gasteiger partial charge in [0.25, 0.3) is 0 Å². The van der Waals surface area contributed by atoms with E-state index in [0.29, 0.717) is 5.92 Å². The lowest BCUT2D eigenvalue weighted by atomic mass is 9.88. The third-order valence-electron chi connectivity index (χ3n) is 5.42. The summed E-state index contributed by atoms with van der Waals surface area (Å²) in [6, 6.07) is 6.51. The van der Waals surface area contributed by atoms with E-state index in [0.717, 1.165) is 39.0 Å². The van der Waals surface area contributed by atoms with E-state index in [1.807, 2.05) is 6.20 Å². The Labute approximate surface area is 167 Å². The van der Waals surface area contributed by atoms with Gasteiger partial charge in [-0.15, -0.1) is 0 Å². The number of hydrogen-bond acceptors (Lipinski definition) is 3. The molecule has 4 heterocycles. The number of imidazole rings is 1. The van der Waals surface area contributed by atoms with Gasteiger partial charge in [0.1, 0.15) is 5.65 Å². The predicted molar refractivity (Wildman–Crippen MR) is 117 cm³/mol. The number of pyridine rings is 3. The van der Waals surface area contributed by atoms with Crippen LogP contribution >= 0.6 is 0 Å². The SMILES string of the molecule is CC(C)c1cc(C(C)(C)C)nc2ccn3c4cnc(C(C)(C)C)cc4nc3c12. The first-order valence-corrected chi connectivity index (χ1v) is 10.1. The molecule has 0 radical (unpaired) electrons. The third kappa shape index (κ3) is 2.95. The molecule has 0 N–H and O–H groups in total. The molecular weight excluding hydrogens is 344 g/mol. The van der Waals surface area contributed by atoms with Crippen LogP contribution in [0.3, 0.4) is 0 Å². The average Bonchev–Trinajstić information content (AvgIpc) is 2.97. The van der Waals surface area contributed by atoms with Crippen molar-refractivity contribution in [2.75, 3.05) is 0 Å².